The van der Waals surface area contributed by atoms with Crippen molar-refractivity contribution in [3.63, 3.8) is 0 Å². The molecule has 0 bridgehead atoms. The number of nitrogen functional groups attached to an aromatic ring is 1. The van der Waals surface area contributed by atoms with Gasteiger partial charge in [0.05, 0.1) is 11.4 Å². The van der Waals surface area contributed by atoms with Crippen molar-refractivity contribution in [2.75, 3.05) is 23.7 Å². The Balaban J connectivity index is 2.79. The molecule has 2 N–H and O–H groups in total. The Hall–Kier alpha value is -3.05. The van der Waals surface area contributed by atoms with Gasteiger partial charge in [-0.25, -0.2) is 4.98 Å². The quantitative estimate of drug-likeness (QED) is 0.936. The van der Waals surface area contributed by atoms with E-state index in [-0.39, 0.29) is 16.8 Å². The summed E-state index contributed by atoms with van der Waals surface area (Å²) in [5, 5.41) is 18.9. The standard InChI is InChI=1S/C18H19N5/c1-4-23(5-2)18-15(11-20)16(21)14(10-19)17(22-18)13-8-6-12(3)7-9-13/h6-9H,4-5H2,1-3H3,(H2,21,22). The van der Waals surface area contributed by atoms with Crippen LogP contribution in [0.5, 0.6) is 0 Å². The fraction of sp³-hybridized carbons (Fsp3) is 0.278. The summed E-state index contributed by atoms with van der Waals surface area (Å²) in [5.41, 5.74) is 9.28. The minimum absolute atomic E-state index is 0.197. The first-order valence-electron chi connectivity index (χ1n) is 7.52. The number of hydrogen-bond acceptors (Lipinski definition) is 5. The zero-order valence-electron chi connectivity index (χ0n) is 13.6. The van der Waals surface area contributed by atoms with Crippen LogP contribution >= 0.6 is 0 Å². The van der Waals surface area contributed by atoms with Crippen LogP contribution in [0.15, 0.2) is 24.3 Å². The molecule has 0 aliphatic carbocycles. The van der Waals surface area contributed by atoms with Gasteiger partial charge in [-0.15, -0.1) is 0 Å². The molecule has 0 aliphatic rings. The monoisotopic (exact) mass is 305 g/mol. The lowest BCUT2D eigenvalue weighted by Gasteiger charge is -2.23. The van der Waals surface area contributed by atoms with E-state index in [0.717, 1.165) is 11.1 Å². The van der Waals surface area contributed by atoms with Crippen LogP contribution < -0.4 is 10.6 Å². The summed E-state index contributed by atoms with van der Waals surface area (Å²) in [6.07, 6.45) is 0. The Morgan fingerprint density at radius 2 is 1.61 bits per heavy atom. The second kappa shape index (κ2) is 6.81. The summed E-state index contributed by atoms with van der Waals surface area (Å²) in [7, 11) is 0. The molecular formula is C18H19N5. The molecule has 1 aromatic carbocycles. The fourth-order valence-electron chi connectivity index (χ4n) is 2.49. The number of hydrogen-bond donors (Lipinski definition) is 1. The summed E-state index contributed by atoms with van der Waals surface area (Å²) in [6.45, 7) is 7.39. The number of nitrogens with zero attached hydrogens (tertiary/aromatic N) is 4. The minimum atomic E-state index is 0.197. The highest BCUT2D eigenvalue weighted by Gasteiger charge is 2.21. The van der Waals surface area contributed by atoms with E-state index in [1.807, 2.05) is 49.9 Å². The van der Waals surface area contributed by atoms with Crippen LogP contribution in [0.2, 0.25) is 0 Å². The number of rotatable bonds is 4. The molecule has 0 saturated carbocycles. The highest BCUT2D eigenvalue weighted by atomic mass is 15.2. The molecule has 0 saturated heterocycles. The molecule has 23 heavy (non-hydrogen) atoms. The van der Waals surface area contributed by atoms with Crippen molar-refractivity contribution in [3.05, 3.63) is 41.0 Å². The van der Waals surface area contributed by atoms with Crippen molar-refractivity contribution in [1.82, 2.24) is 4.98 Å². The van der Waals surface area contributed by atoms with E-state index in [1.165, 1.54) is 0 Å². The van der Waals surface area contributed by atoms with Gasteiger partial charge in [-0.3, -0.25) is 0 Å². The third kappa shape index (κ3) is 2.95. The van der Waals surface area contributed by atoms with Gasteiger partial charge in [-0.2, -0.15) is 10.5 Å². The van der Waals surface area contributed by atoms with Crippen molar-refractivity contribution in [1.29, 1.82) is 10.5 Å². The maximum atomic E-state index is 9.49. The third-order valence-corrected chi connectivity index (χ3v) is 3.83. The number of nitriles is 2. The van der Waals surface area contributed by atoms with Gasteiger partial charge in [0.25, 0.3) is 0 Å². The average molecular weight is 305 g/mol. The van der Waals surface area contributed by atoms with Gasteiger partial charge in [-0.05, 0) is 20.8 Å². The van der Waals surface area contributed by atoms with E-state index in [1.54, 1.807) is 0 Å². The Morgan fingerprint density at radius 1 is 1.04 bits per heavy atom. The van der Waals surface area contributed by atoms with E-state index in [2.05, 4.69) is 17.1 Å². The predicted molar refractivity (Wildman–Crippen MR) is 91.8 cm³/mol. The van der Waals surface area contributed by atoms with E-state index >= 15 is 0 Å². The molecule has 5 nitrogen and oxygen atoms in total. The van der Waals surface area contributed by atoms with Crippen LogP contribution in [0.1, 0.15) is 30.5 Å². The molecule has 2 aromatic rings. The Bertz CT molecular complexity index is 790. The molecule has 0 fully saturated rings. The molecule has 0 amide bonds. The van der Waals surface area contributed by atoms with E-state index in [4.69, 9.17) is 5.73 Å². The fourth-order valence-corrected chi connectivity index (χ4v) is 2.49. The number of pyridine rings is 1. The molecule has 116 valence electrons. The van der Waals surface area contributed by atoms with Crippen LogP contribution in [0.4, 0.5) is 11.5 Å². The van der Waals surface area contributed by atoms with Gasteiger partial charge >= 0.3 is 0 Å². The topological polar surface area (TPSA) is 89.7 Å². The van der Waals surface area contributed by atoms with Crippen LogP contribution in [0, 0.1) is 29.6 Å². The lowest BCUT2D eigenvalue weighted by molar-refractivity contribution is 0.845. The minimum Gasteiger partial charge on any atom is -0.396 e. The molecule has 5 heteroatoms. The maximum Gasteiger partial charge on any atom is 0.149 e. The van der Waals surface area contributed by atoms with Crippen molar-refractivity contribution in [3.8, 4) is 23.4 Å². The van der Waals surface area contributed by atoms with Crippen LogP contribution in [0.3, 0.4) is 0 Å². The normalized spacial score (nSPS) is 9.96. The molecule has 1 aromatic heterocycles. The predicted octanol–water partition coefficient (Wildman–Crippen LogP) is 3.23. The molecule has 0 radical (unpaired) electrons. The summed E-state index contributed by atoms with van der Waals surface area (Å²) in [5.74, 6) is 0.532. The van der Waals surface area contributed by atoms with Crippen LogP contribution in [-0.4, -0.2) is 18.1 Å². The Labute approximate surface area is 136 Å². The number of aryl methyl sites for hydroxylation is 1. The third-order valence-electron chi connectivity index (χ3n) is 3.83. The Kier molecular flexibility index (Phi) is 4.83. The van der Waals surface area contributed by atoms with Gasteiger partial charge in [-0.1, -0.05) is 29.8 Å². The molecule has 0 spiro atoms. The van der Waals surface area contributed by atoms with Crippen molar-refractivity contribution >= 4 is 11.5 Å². The lowest BCUT2D eigenvalue weighted by atomic mass is 10.0. The van der Waals surface area contributed by atoms with Gasteiger partial charge in [0.15, 0.2) is 0 Å². The molecule has 0 aliphatic heterocycles. The van der Waals surface area contributed by atoms with Crippen molar-refractivity contribution < 1.29 is 0 Å². The lowest BCUT2D eigenvalue weighted by Crippen LogP contribution is -2.25. The molecular weight excluding hydrogens is 286 g/mol. The first-order chi connectivity index (χ1) is 11.1. The summed E-state index contributed by atoms with van der Waals surface area (Å²) in [4.78, 5) is 6.58. The highest BCUT2D eigenvalue weighted by molar-refractivity contribution is 5.82. The second-order valence-electron chi connectivity index (χ2n) is 5.21. The summed E-state index contributed by atoms with van der Waals surface area (Å²) < 4.78 is 0. The molecule has 1 heterocycles. The Morgan fingerprint density at radius 3 is 2.09 bits per heavy atom. The average Bonchev–Trinajstić information content (AvgIpc) is 2.56. The largest absolute Gasteiger partial charge is 0.396 e. The zero-order valence-corrected chi connectivity index (χ0v) is 13.6. The second-order valence-corrected chi connectivity index (χ2v) is 5.21. The van der Waals surface area contributed by atoms with Gasteiger partial charge in [0, 0.05) is 18.7 Å². The molecule has 2 rings (SSSR count). The van der Waals surface area contributed by atoms with E-state index in [0.29, 0.717) is 24.6 Å². The first kappa shape index (κ1) is 16.3. The van der Waals surface area contributed by atoms with E-state index < -0.39 is 0 Å². The SMILES string of the molecule is CCN(CC)c1nc(-c2ccc(C)cc2)c(C#N)c(N)c1C#N. The summed E-state index contributed by atoms with van der Waals surface area (Å²) in [6, 6.07) is 11.9. The number of anilines is 2. The number of aromatic nitrogens is 1. The van der Waals surface area contributed by atoms with Gasteiger partial charge < -0.3 is 10.6 Å². The van der Waals surface area contributed by atoms with E-state index in [9.17, 15) is 10.5 Å². The van der Waals surface area contributed by atoms with Crippen molar-refractivity contribution in [2.45, 2.75) is 20.8 Å². The van der Waals surface area contributed by atoms with Gasteiger partial charge in [0.2, 0.25) is 0 Å². The van der Waals surface area contributed by atoms with Crippen LogP contribution in [0.25, 0.3) is 11.3 Å². The smallest absolute Gasteiger partial charge is 0.149 e. The van der Waals surface area contributed by atoms with Crippen molar-refractivity contribution in [2.24, 2.45) is 0 Å². The van der Waals surface area contributed by atoms with Crippen LogP contribution in [-0.2, 0) is 0 Å². The molecule has 0 unspecified atom stereocenters. The summed E-state index contributed by atoms with van der Waals surface area (Å²) >= 11 is 0. The highest BCUT2D eigenvalue weighted by Crippen LogP contribution is 2.33. The maximum absolute atomic E-state index is 9.49. The molecule has 0 atom stereocenters. The first-order valence-corrected chi connectivity index (χ1v) is 7.52. The zero-order chi connectivity index (χ0) is 17.0. The number of benzene rings is 1. The number of nitrogens with two attached hydrogens (primary N) is 1. The van der Waals surface area contributed by atoms with Gasteiger partial charge in [0.1, 0.15) is 29.1 Å².